The van der Waals surface area contributed by atoms with Crippen molar-refractivity contribution in [3.05, 3.63) is 0 Å². The molecule has 0 spiro atoms. The van der Waals surface area contributed by atoms with E-state index in [0.717, 1.165) is 14.7 Å². The lowest BCUT2D eigenvalue weighted by Gasteiger charge is -2.28. The minimum Gasteiger partial charge on any atom is -0.367 e. The first-order valence-corrected chi connectivity index (χ1v) is 19.6. The summed E-state index contributed by atoms with van der Waals surface area (Å²) in [5.41, 5.74) is 0. The van der Waals surface area contributed by atoms with Gasteiger partial charge in [-0.25, -0.2) is 19.2 Å². The molecule has 0 saturated carbocycles. The van der Waals surface area contributed by atoms with Crippen LogP contribution in [0.5, 0.6) is 0 Å². The van der Waals surface area contributed by atoms with Crippen LogP contribution in [-0.4, -0.2) is 169 Å². The van der Waals surface area contributed by atoms with Crippen molar-refractivity contribution in [2.24, 2.45) is 0 Å². The average Bonchev–Trinajstić information content (AvgIpc) is 3.95. The molecule has 4 saturated heterocycles. The molecular weight excluding hydrogens is 846 g/mol. The number of aliphatic hydroxyl groups is 1. The van der Waals surface area contributed by atoms with Gasteiger partial charge < -0.3 is 34.3 Å². The smallest absolute Gasteiger partial charge is 0.334 e. The summed E-state index contributed by atoms with van der Waals surface area (Å²) >= 11 is 0. The predicted octanol–water partition coefficient (Wildman–Crippen LogP) is -3.33. The number of hydrogen-bond acceptors (Lipinski definition) is 20. The summed E-state index contributed by atoms with van der Waals surface area (Å²) < 4.78 is 0. The quantitative estimate of drug-likeness (QED) is 0.0596. The van der Waals surface area contributed by atoms with E-state index in [0.29, 0.717) is 20.3 Å². The topological polar surface area (TPSA) is 319 Å². The normalized spacial score (nSPS) is 16.8. The van der Waals surface area contributed by atoms with E-state index in [9.17, 15) is 72.2 Å². The minimum atomic E-state index is -1.69. The number of rotatable bonds is 23. The van der Waals surface area contributed by atoms with E-state index in [1.807, 2.05) is 5.92 Å². The maximum atomic E-state index is 13.5. The number of nitrogens with zero attached hydrogens (tertiary/aromatic N) is 7. The Kier molecular flexibility index (Phi) is 17.4. The Labute approximate surface area is 356 Å². The van der Waals surface area contributed by atoms with Crippen LogP contribution in [0.1, 0.15) is 89.9 Å². The zero-order valence-electron chi connectivity index (χ0n) is 33.7. The first-order chi connectivity index (χ1) is 29.9. The van der Waals surface area contributed by atoms with E-state index in [4.69, 9.17) is 25.8 Å². The van der Waals surface area contributed by atoms with Crippen molar-refractivity contribution < 1.29 is 91.6 Å². The van der Waals surface area contributed by atoms with E-state index in [1.165, 1.54) is 0 Å². The summed E-state index contributed by atoms with van der Waals surface area (Å²) in [6.07, 6.45) is -0.975. The van der Waals surface area contributed by atoms with Crippen molar-refractivity contribution in [1.29, 1.82) is 0 Å². The number of carbonyl (C=O) groups is 14. The molecule has 4 heterocycles. The molecule has 63 heavy (non-hydrogen) atoms. The molecule has 0 aliphatic carbocycles. The second-order valence-corrected chi connectivity index (χ2v) is 14.0. The van der Waals surface area contributed by atoms with Crippen molar-refractivity contribution in [2.75, 3.05) is 39.3 Å². The highest BCUT2D eigenvalue weighted by Crippen LogP contribution is 2.17. The van der Waals surface area contributed by atoms with Crippen LogP contribution < -0.4 is 0 Å². The maximum Gasteiger partial charge on any atom is 0.334 e. The highest BCUT2D eigenvalue weighted by molar-refractivity contribution is 6.03. The van der Waals surface area contributed by atoms with Gasteiger partial charge in [0, 0.05) is 103 Å². The molecule has 4 aliphatic heterocycles. The molecule has 340 valence electrons. The fourth-order valence-corrected chi connectivity index (χ4v) is 6.11. The van der Waals surface area contributed by atoms with Crippen LogP contribution in [0.15, 0.2) is 0 Å². The standard InChI is InChI=1S/C37H43N7O19/c1-2-23(45)38(17-11-24(46)39(19-13-34(56)60-41-26(48)3-4-27(41)49)20-14-35(57)61-42-28(50)5-6-29(42)51)18-12-25(47)40(21-15-36(58)62-43-30(52)7-8-31(43)53)22-16-37(59)63-44-32(54)9-10-33(44)55/h1,23,45H,3-22H2. The third-order valence-electron chi connectivity index (χ3n) is 9.56. The number of hydroxylamine groups is 8. The maximum absolute atomic E-state index is 13.5. The van der Waals surface area contributed by atoms with Gasteiger partial charge in [0.15, 0.2) is 6.23 Å². The van der Waals surface area contributed by atoms with Gasteiger partial charge >= 0.3 is 23.9 Å². The van der Waals surface area contributed by atoms with Crippen LogP contribution >= 0.6 is 0 Å². The predicted molar refractivity (Wildman–Crippen MR) is 196 cm³/mol. The van der Waals surface area contributed by atoms with Gasteiger partial charge in [-0.1, -0.05) is 5.92 Å². The largest absolute Gasteiger partial charge is 0.367 e. The highest BCUT2D eigenvalue weighted by atomic mass is 16.7. The second kappa shape index (κ2) is 22.6. The van der Waals surface area contributed by atoms with Crippen molar-refractivity contribution in [2.45, 2.75) is 96.1 Å². The monoisotopic (exact) mass is 889 g/mol. The number of carbonyl (C=O) groups excluding carboxylic acids is 14. The van der Waals surface area contributed by atoms with Gasteiger partial charge in [0.2, 0.25) is 11.8 Å². The van der Waals surface area contributed by atoms with Gasteiger partial charge in [-0.15, -0.1) is 26.7 Å². The lowest BCUT2D eigenvalue weighted by Crippen LogP contribution is -2.43. The van der Waals surface area contributed by atoms with Gasteiger partial charge in [0.1, 0.15) is 0 Å². The Balaban J connectivity index is 1.39. The molecule has 26 heteroatoms. The molecule has 1 unspecified atom stereocenters. The summed E-state index contributed by atoms with van der Waals surface area (Å²) in [4.78, 5) is 195. The fraction of sp³-hybridized carbons (Fsp3) is 0.568. The molecule has 0 radical (unpaired) electrons. The summed E-state index contributed by atoms with van der Waals surface area (Å²) in [5.74, 6) is -9.86. The molecule has 0 aromatic carbocycles. The van der Waals surface area contributed by atoms with Crippen LogP contribution in [0.25, 0.3) is 0 Å². The first-order valence-electron chi connectivity index (χ1n) is 19.6. The van der Waals surface area contributed by atoms with Gasteiger partial charge in [0.05, 0.1) is 25.7 Å². The number of amides is 10. The van der Waals surface area contributed by atoms with E-state index in [1.54, 1.807) is 0 Å². The van der Waals surface area contributed by atoms with Crippen LogP contribution in [0.3, 0.4) is 0 Å². The minimum absolute atomic E-state index is 0.176. The molecule has 26 nitrogen and oxygen atoms in total. The van der Waals surface area contributed by atoms with Crippen molar-refractivity contribution >= 4 is 82.9 Å². The average molecular weight is 890 g/mol. The third-order valence-corrected chi connectivity index (χ3v) is 9.56. The molecule has 4 rings (SSSR count). The van der Waals surface area contributed by atoms with E-state index < -0.39 is 154 Å². The molecule has 4 aliphatic rings. The Morgan fingerprint density at radius 3 is 0.873 bits per heavy atom. The molecule has 0 aromatic rings. The Morgan fingerprint density at radius 2 is 0.667 bits per heavy atom. The van der Waals surface area contributed by atoms with Gasteiger partial charge in [-0.3, -0.25) is 52.8 Å². The second-order valence-electron chi connectivity index (χ2n) is 14.0. The van der Waals surface area contributed by atoms with E-state index in [2.05, 4.69) is 0 Å². The zero-order chi connectivity index (χ0) is 46.4. The van der Waals surface area contributed by atoms with Crippen molar-refractivity contribution in [3.8, 4) is 12.3 Å². The highest BCUT2D eigenvalue weighted by Gasteiger charge is 2.36. The first kappa shape index (κ1) is 48.5. The van der Waals surface area contributed by atoms with Crippen LogP contribution in [0, 0.1) is 12.3 Å². The lowest BCUT2D eigenvalue weighted by molar-refractivity contribution is -0.198. The Hall–Kier alpha value is -7.14. The Bertz CT molecular complexity index is 1680. The van der Waals surface area contributed by atoms with Crippen LogP contribution in [0.4, 0.5) is 0 Å². The molecule has 4 fully saturated rings. The number of aliphatic hydroxyl groups excluding tert-OH is 1. The molecule has 0 aromatic heterocycles. The molecule has 1 N–H and O–H groups in total. The SMILES string of the molecule is C#CC(O)N(CCC(=O)N(CCC(=O)ON1C(=O)CCC1=O)CCC(=O)ON1C(=O)CCC1=O)CCC(=O)N(CCC(=O)ON1C(=O)CCC1=O)CCC(=O)ON1C(=O)CCC1=O. The van der Waals surface area contributed by atoms with E-state index in [-0.39, 0.29) is 64.5 Å². The van der Waals surface area contributed by atoms with Crippen LogP contribution in [-0.2, 0) is 86.5 Å². The fourth-order valence-electron chi connectivity index (χ4n) is 6.11. The summed E-state index contributed by atoms with van der Waals surface area (Å²) in [5, 5.41) is 11.8. The summed E-state index contributed by atoms with van der Waals surface area (Å²) in [6.45, 7) is -2.49. The number of terminal acetylenes is 1. The number of imide groups is 4. The van der Waals surface area contributed by atoms with Gasteiger partial charge in [-0.05, 0) is 0 Å². The number of hydrogen-bond donors (Lipinski definition) is 1. The molecule has 10 amide bonds. The van der Waals surface area contributed by atoms with Crippen LogP contribution in [0.2, 0.25) is 0 Å². The lowest BCUT2D eigenvalue weighted by atomic mass is 10.2. The summed E-state index contributed by atoms with van der Waals surface area (Å²) in [6, 6.07) is 0. The van der Waals surface area contributed by atoms with Gasteiger partial charge in [-0.2, -0.15) is 0 Å². The van der Waals surface area contributed by atoms with Gasteiger partial charge in [0.25, 0.3) is 47.3 Å². The molecular formula is C37H43N7O19. The van der Waals surface area contributed by atoms with Crippen molar-refractivity contribution in [1.82, 2.24) is 35.0 Å². The molecule has 0 bridgehead atoms. The van der Waals surface area contributed by atoms with Crippen molar-refractivity contribution in [3.63, 3.8) is 0 Å². The van der Waals surface area contributed by atoms with E-state index >= 15 is 0 Å². The molecule has 1 atom stereocenters. The summed E-state index contributed by atoms with van der Waals surface area (Å²) in [7, 11) is 0. The zero-order valence-corrected chi connectivity index (χ0v) is 33.7. The Morgan fingerprint density at radius 1 is 0.444 bits per heavy atom. The third kappa shape index (κ3) is 13.9.